The number of ether oxygens (including phenoxy) is 2. The van der Waals surface area contributed by atoms with Crippen LogP contribution in [0.3, 0.4) is 0 Å². The van der Waals surface area contributed by atoms with Crippen LogP contribution in [0, 0.1) is 5.92 Å². The molecule has 1 atom stereocenters. The zero-order chi connectivity index (χ0) is 19.6. The number of nitrogens with zero attached hydrogens (tertiary/aromatic N) is 1. The lowest BCUT2D eigenvalue weighted by Crippen LogP contribution is -2.47. The predicted octanol–water partition coefficient (Wildman–Crippen LogP) is 2.30. The summed E-state index contributed by atoms with van der Waals surface area (Å²) in [5.74, 6) is 1.36. The molecule has 1 aromatic rings. The molecule has 6 nitrogen and oxygen atoms in total. The Morgan fingerprint density at radius 1 is 1.18 bits per heavy atom. The maximum absolute atomic E-state index is 12.3. The van der Waals surface area contributed by atoms with Gasteiger partial charge in [-0.2, -0.15) is 0 Å². The van der Waals surface area contributed by atoms with Gasteiger partial charge in [0.25, 0.3) is 0 Å². The third-order valence-corrected chi connectivity index (χ3v) is 6.32. The maximum atomic E-state index is 12.3. The third-order valence-electron chi connectivity index (χ3n) is 6.32. The maximum Gasteiger partial charge on any atom is 0.225 e. The molecule has 2 heterocycles. The lowest BCUT2D eigenvalue weighted by atomic mass is 9.88. The van der Waals surface area contributed by atoms with Gasteiger partial charge < -0.3 is 19.7 Å². The topological polar surface area (TPSA) is 67.9 Å². The molecule has 2 aliphatic heterocycles. The quantitative estimate of drug-likeness (QED) is 0.815. The summed E-state index contributed by atoms with van der Waals surface area (Å²) in [7, 11) is 1.62. The fourth-order valence-corrected chi connectivity index (χ4v) is 4.44. The van der Waals surface area contributed by atoms with Crippen molar-refractivity contribution in [1.82, 2.24) is 10.2 Å². The van der Waals surface area contributed by atoms with Crippen molar-refractivity contribution >= 4 is 11.8 Å². The van der Waals surface area contributed by atoms with Gasteiger partial charge in [0.1, 0.15) is 5.75 Å². The molecule has 0 radical (unpaired) electrons. The Morgan fingerprint density at radius 3 is 2.64 bits per heavy atom. The first-order valence-corrected chi connectivity index (χ1v) is 10.4. The summed E-state index contributed by atoms with van der Waals surface area (Å²) in [6.07, 6.45) is 6.30. The van der Waals surface area contributed by atoms with Crippen LogP contribution in [0.15, 0.2) is 24.3 Å². The van der Waals surface area contributed by atoms with Crippen molar-refractivity contribution in [3.63, 3.8) is 0 Å². The third kappa shape index (κ3) is 4.32. The first-order chi connectivity index (χ1) is 13.6. The normalized spacial score (nSPS) is 23.6. The number of benzene rings is 1. The molecule has 1 aliphatic carbocycles. The van der Waals surface area contributed by atoms with Crippen LogP contribution in [0.25, 0.3) is 0 Å². The number of amides is 2. The zero-order valence-corrected chi connectivity index (χ0v) is 16.6. The Kier molecular flexibility index (Phi) is 5.58. The summed E-state index contributed by atoms with van der Waals surface area (Å²) in [5, 5.41) is 3.01. The average molecular weight is 386 g/mol. The Bertz CT molecular complexity index is 723. The highest BCUT2D eigenvalue weighted by Crippen LogP contribution is 2.40. The van der Waals surface area contributed by atoms with Gasteiger partial charge in [-0.15, -0.1) is 0 Å². The van der Waals surface area contributed by atoms with E-state index in [-0.39, 0.29) is 17.6 Å². The van der Waals surface area contributed by atoms with E-state index in [0.717, 1.165) is 62.9 Å². The number of nitrogens with one attached hydrogen (secondary N) is 1. The van der Waals surface area contributed by atoms with E-state index < -0.39 is 0 Å². The fraction of sp³-hybridized carbons (Fsp3) is 0.636. The van der Waals surface area contributed by atoms with Crippen molar-refractivity contribution in [1.29, 1.82) is 0 Å². The van der Waals surface area contributed by atoms with Gasteiger partial charge in [-0.3, -0.25) is 9.59 Å². The summed E-state index contributed by atoms with van der Waals surface area (Å²) in [5.41, 5.74) is 0.789. The van der Waals surface area contributed by atoms with E-state index in [4.69, 9.17) is 9.47 Å². The van der Waals surface area contributed by atoms with Crippen LogP contribution in [-0.4, -0.2) is 55.2 Å². The molecule has 1 aromatic carbocycles. The Labute approximate surface area is 166 Å². The molecule has 2 amide bonds. The molecule has 3 fully saturated rings. The number of rotatable bonds is 6. The lowest BCUT2D eigenvalue weighted by Gasteiger charge is -2.39. The number of hydrogen-bond acceptors (Lipinski definition) is 4. The van der Waals surface area contributed by atoms with Crippen molar-refractivity contribution in [2.45, 2.75) is 56.7 Å². The highest BCUT2D eigenvalue weighted by molar-refractivity contribution is 5.81. The minimum absolute atomic E-state index is 0.0149. The van der Waals surface area contributed by atoms with E-state index in [1.54, 1.807) is 7.11 Å². The van der Waals surface area contributed by atoms with E-state index in [2.05, 4.69) is 5.32 Å². The van der Waals surface area contributed by atoms with Crippen LogP contribution in [0.4, 0.5) is 0 Å². The number of carbonyl (C=O) groups is 2. The molecule has 152 valence electrons. The fourth-order valence-electron chi connectivity index (χ4n) is 4.44. The van der Waals surface area contributed by atoms with Crippen molar-refractivity contribution < 1.29 is 19.1 Å². The van der Waals surface area contributed by atoms with Crippen LogP contribution < -0.4 is 10.1 Å². The van der Waals surface area contributed by atoms with Crippen LogP contribution >= 0.6 is 0 Å². The Morgan fingerprint density at radius 2 is 1.93 bits per heavy atom. The van der Waals surface area contributed by atoms with E-state index in [0.29, 0.717) is 24.8 Å². The summed E-state index contributed by atoms with van der Waals surface area (Å²) < 4.78 is 11.7. The summed E-state index contributed by atoms with van der Waals surface area (Å²) in [6, 6.07) is 7.59. The molecule has 6 heteroatoms. The van der Waals surface area contributed by atoms with Crippen molar-refractivity contribution in [3.8, 4) is 5.75 Å². The zero-order valence-electron chi connectivity index (χ0n) is 16.6. The predicted molar refractivity (Wildman–Crippen MR) is 105 cm³/mol. The number of methoxy groups -OCH3 is 1. The first-order valence-electron chi connectivity index (χ1n) is 10.4. The molecule has 1 spiro atoms. The van der Waals surface area contributed by atoms with Gasteiger partial charge in [0.05, 0.1) is 25.2 Å². The van der Waals surface area contributed by atoms with Crippen LogP contribution in [0.5, 0.6) is 5.75 Å². The largest absolute Gasteiger partial charge is 0.496 e. The second-order valence-corrected chi connectivity index (χ2v) is 8.35. The van der Waals surface area contributed by atoms with Gasteiger partial charge in [0, 0.05) is 31.1 Å². The summed E-state index contributed by atoms with van der Waals surface area (Å²) in [4.78, 5) is 26.6. The van der Waals surface area contributed by atoms with Crippen molar-refractivity contribution in [2.75, 3.05) is 26.7 Å². The monoisotopic (exact) mass is 386 g/mol. The van der Waals surface area contributed by atoms with Gasteiger partial charge >= 0.3 is 0 Å². The standard InChI is InChI=1S/C22H30N2O4/c1-27-19-5-3-2-4-17(19)14-20(25)23-15-18-8-9-22(28-18)10-12-24(13-11-22)21(26)16-6-7-16/h2-5,16,18H,6-15H2,1H3,(H,23,25). The highest BCUT2D eigenvalue weighted by Gasteiger charge is 2.44. The smallest absolute Gasteiger partial charge is 0.225 e. The van der Waals surface area contributed by atoms with Gasteiger partial charge in [-0.05, 0) is 44.6 Å². The molecule has 1 saturated carbocycles. The first kappa shape index (κ1) is 19.2. The van der Waals surface area contributed by atoms with Crippen molar-refractivity contribution in [3.05, 3.63) is 29.8 Å². The minimum Gasteiger partial charge on any atom is -0.496 e. The molecule has 4 rings (SSSR count). The number of carbonyl (C=O) groups excluding carboxylic acids is 2. The van der Waals surface area contributed by atoms with Crippen LogP contribution in [-0.2, 0) is 20.7 Å². The highest BCUT2D eigenvalue weighted by atomic mass is 16.5. The van der Waals surface area contributed by atoms with Gasteiger partial charge in [-0.1, -0.05) is 18.2 Å². The SMILES string of the molecule is COc1ccccc1CC(=O)NCC1CCC2(CCN(C(=O)C3CC3)CC2)O1. The van der Waals surface area contributed by atoms with E-state index >= 15 is 0 Å². The number of likely N-dealkylation sites (tertiary alicyclic amines) is 1. The van der Waals surface area contributed by atoms with Gasteiger partial charge in [0.15, 0.2) is 0 Å². The van der Waals surface area contributed by atoms with E-state index in [1.807, 2.05) is 29.2 Å². The van der Waals surface area contributed by atoms with Crippen molar-refractivity contribution in [2.24, 2.45) is 5.92 Å². The van der Waals surface area contributed by atoms with E-state index in [9.17, 15) is 9.59 Å². The van der Waals surface area contributed by atoms with Gasteiger partial charge in [-0.25, -0.2) is 0 Å². The number of piperidine rings is 1. The average Bonchev–Trinajstić information content (AvgIpc) is 3.50. The number of para-hydroxylation sites is 1. The number of hydrogen-bond donors (Lipinski definition) is 1. The lowest BCUT2D eigenvalue weighted by molar-refractivity contribution is -0.139. The molecular formula is C22H30N2O4. The summed E-state index contributed by atoms with van der Waals surface area (Å²) in [6.45, 7) is 2.16. The molecule has 1 N–H and O–H groups in total. The molecule has 28 heavy (non-hydrogen) atoms. The molecule has 3 aliphatic rings. The van der Waals surface area contributed by atoms with E-state index in [1.165, 1.54) is 0 Å². The Balaban J connectivity index is 1.22. The van der Waals surface area contributed by atoms with Crippen LogP contribution in [0.2, 0.25) is 0 Å². The second kappa shape index (κ2) is 8.11. The Hall–Kier alpha value is -2.08. The molecule has 1 unspecified atom stereocenters. The second-order valence-electron chi connectivity index (χ2n) is 8.35. The molecule has 0 aromatic heterocycles. The van der Waals surface area contributed by atoms with Crippen LogP contribution in [0.1, 0.15) is 44.1 Å². The summed E-state index contributed by atoms with van der Waals surface area (Å²) >= 11 is 0. The minimum atomic E-state index is -0.0988. The molecule has 2 saturated heterocycles. The molecular weight excluding hydrogens is 356 g/mol. The molecule has 0 bridgehead atoms. The van der Waals surface area contributed by atoms with Gasteiger partial charge in [0.2, 0.25) is 11.8 Å².